The quantitative estimate of drug-likeness (QED) is 0.838. The molecule has 1 aromatic carbocycles. The Hall–Kier alpha value is -0.970. The van der Waals surface area contributed by atoms with Crippen molar-refractivity contribution in [1.82, 2.24) is 14.8 Å². The van der Waals surface area contributed by atoms with Crippen LogP contribution >= 0.6 is 11.3 Å². The van der Waals surface area contributed by atoms with Crippen LogP contribution in [0.15, 0.2) is 24.3 Å². The first kappa shape index (κ1) is 11.8. The zero-order valence-electron chi connectivity index (χ0n) is 11.1. The third kappa shape index (κ3) is 2.29. The lowest BCUT2D eigenvalue weighted by atomic mass is 10.1. The fourth-order valence-corrected chi connectivity index (χ4v) is 4.32. The van der Waals surface area contributed by atoms with E-state index in [1.54, 1.807) is 0 Å². The molecule has 0 N–H and O–H groups in total. The van der Waals surface area contributed by atoms with Gasteiger partial charge in [0.15, 0.2) is 0 Å². The van der Waals surface area contributed by atoms with Gasteiger partial charge in [0.2, 0.25) is 0 Å². The topological polar surface area (TPSA) is 19.4 Å². The van der Waals surface area contributed by atoms with Crippen LogP contribution in [0.1, 0.15) is 17.8 Å². The molecule has 100 valence electrons. The number of benzene rings is 1. The Bertz CT molecular complexity index is 539. The average Bonchev–Trinajstić information content (AvgIpc) is 2.65. The number of nitrogens with zero attached hydrogens (tertiary/aromatic N) is 3. The zero-order valence-corrected chi connectivity index (χ0v) is 11.9. The summed E-state index contributed by atoms with van der Waals surface area (Å²) in [6, 6.07) is 9.26. The van der Waals surface area contributed by atoms with Gasteiger partial charge in [0.1, 0.15) is 5.01 Å². The standard InChI is InChI=1S/C15H19N3S/c1-2-4-14-13(3-1)16-15(19-14)11-18-10-9-17-7-5-12(18)6-8-17/h1-4,12H,5-11H2. The smallest absolute Gasteiger partial charge is 0.108 e. The number of hydrogen-bond donors (Lipinski definition) is 0. The van der Waals surface area contributed by atoms with Gasteiger partial charge in [0.05, 0.1) is 16.8 Å². The lowest BCUT2D eigenvalue weighted by molar-refractivity contribution is 0.176. The van der Waals surface area contributed by atoms with Gasteiger partial charge in [-0.1, -0.05) is 12.1 Å². The van der Waals surface area contributed by atoms with Crippen LogP contribution in [0, 0.1) is 0 Å². The lowest BCUT2D eigenvalue weighted by Gasteiger charge is -2.30. The first-order chi connectivity index (χ1) is 9.38. The van der Waals surface area contributed by atoms with Gasteiger partial charge in [0, 0.05) is 19.1 Å². The number of thiazole rings is 1. The second-order valence-electron chi connectivity index (χ2n) is 5.62. The lowest BCUT2D eigenvalue weighted by Crippen LogP contribution is -2.37. The minimum Gasteiger partial charge on any atom is -0.302 e. The van der Waals surface area contributed by atoms with E-state index in [-0.39, 0.29) is 0 Å². The largest absolute Gasteiger partial charge is 0.302 e. The summed E-state index contributed by atoms with van der Waals surface area (Å²) in [6.45, 7) is 6.07. The van der Waals surface area contributed by atoms with Crippen LogP contribution in [0.2, 0.25) is 0 Å². The maximum absolute atomic E-state index is 4.78. The molecule has 3 aliphatic rings. The number of fused-ring (bicyclic) bond motifs is 5. The molecule has 0 aliphatic carbocycles. The van der Waals surface area contributed by atoms with Crippen LogP contribution in [-0.2, 0) is 6.54 Å². The Kier molecular flexibility index (Phi) is 3.02. The maximum atomic E-state index is 4.78. The summed E-state index contributed by atoms with van der Waals surface area (Å²) in [5.74, 6) is 0. The minimum atomic E-state index is 0.783. The van der Waals surface area contributed by atoms with Gasteiger partial charge < -0.3 is 4.90 Å². The SMILES string of the molecule is c1ccc2sc(CN3CCN4CCC3CC4)nc2c1. The molecule has 19 heavy (non-hydrogen) atoms. The van der Waals surface area contributed by atoms with Crippen LogP contribution in [0.5, 0.6) is 0 Å². The molecule has 4 heterocycles. The second kappa shape index (κ2) is 4.85. The van der Waals surface area contributed by atoms with E-state index in [1.165, 1.54) is 48.7 Å². The van der Waals surface area contributed by atoms with E-state index in [9.17, 15) is 0 Å². The summed E-state index contributed by atoms with van der Waals surface area (Å²) in [5, 5.41) is 1.28. The Morgan fingerprint density at radius 3 is 2.79 bits per heavy atom. The molecule has 0 radical (unpaired) electrons. The Morgan fingerprint density at radius 2 is 1.95 bits per heavy atom. The van der Waals surface area contributed by atoms with Gasteiger partial charge in [-0.2, -0.15) is 0 Å². The summed E-state index contributed by atoms with van der Waals surface area (Å²) >= 11 is 1.86. The van der Waals surface area contributed by atoms with Crippen molar-refractivity contribution in [3.63, 3.8) is 0 Å². The first-order valence-corrected chi connectivity index (χ1v) is 8.01. The fraction of sp³-hybridized carbons (Fsp3) is 0.533. The van der Waals surface area contributed by atoms with E-state index >= 15 is 0 Å². The van der Waals surface area contributed by atoms with Gasteiger partial charge in [-0.15, -0.1) is 11.3 Å². The average molecular weight is 273 g/mol. The Labute approximate surface area is 117 Å². The maximum Gasteiger partial charge on any atom is 0.108 e. The highest BCUT2D eigenvalue weighted by molar-refractivity contribution is 7.18. The minimum absolute atomic E-state index is 0.783. The Balaban J connectivity index is 1.56. The third-order valence-corrected chi connectivity index (χ3v) is 5.47. The van der Waals surface area contributed by atoms with Gasteiger partial charge in [0.25, 0.3) is 0 Å². The number of hydrogen-bond acceptors (Lipinski definition) is 4. The van der Waals surface area contributed by atoms with Crippen LogP contribution in [0.25, 0.3) is 10.2 Å². The molecule has 3 saturated heterocycles. The molecule has 0 saturated carbocycles. The number of aromatic nitrogens is 1. The molecule has 1 aromatic heterocycles. The van der Waals surface area contributed by atoms with Crippen molar-refractivity contribution in [2.75, 3.05) is 26.2 Å². The monoisotopic (exact) mass is 273 g/mol. The van der Waals surface area contributed by atoms with Crippen molar-refractivity contribution in [2.45, 2.75) is 25.4 Å². The molecule has 2 aromatic rings. The normalized spacial score (nSPS) is 27.8. The highest BCUT2D eigenvalue weighted by atomic mass is 32.1. The molecule has 4 heteroatoms. The van der Waals surface area contributed by atoms with E-state index in [0.717, 1.165) is 18.1 Å². The summed E-state index contributed by atoms with van der Waals surface area (Å²) in [4.78, 5) is 10.0. The molecule has 0 unspecified atom stereocenters. The molecule has 3 nitrogen and oxygen atoms in total. The van der Waals surface area contributed by atoms with Gasteiger partial charge in [-0.3, -0.25) is 4.90 Å². The van der Waals surface area contributed by atoms with Gasteiger partial charge in [-0.25, -0.2) is 4.98 Å². The van der Waals surface area contributed by atoms with E-state index in [4.69, 9.17) is 4.98 Å². The molecule has 0 spiro atoms. The molecular weight excluding hydrogens is 254 g/mol. The summed E-state index contributed by atoms with van der Waals surface area (Å²) in [6.07, 6.45) is 2.68. The van der Waals surface area contributed by atoms with Crippen molar-refractivity contribution >= 4 is 21.6 Å². The highest BCUT2D eigenvalue weighted by Crippen LogP contribution is 2.26. The first-order valence-electron chi connectivity index (χ1n) is 7.19. The van der Waals surface area contributed by atoms with Crippen molar-refractivity contribution in [2.24, 2.45) is 0 Å². The summed E-state index contributed by atoms with van der Waals surface area (Å²) in [5.41, 5.74) is 1.16. The van der Waals surface area contributed by atoms with Crippen molar-refractivity contribution in [3.05, 3.63) is 29.3 Å². The number of piperidine rings is 1. The van der Waals surface area contributed by atoms with Crippen molar-refractivity contribution in [1.29, 1.82) is 0 Å². The summed E-state index contributed by atoms with van der Waals surface area (Å²) in [7, 11) is 0. The van der Waals surface area contributed by atoms with Crippen molar-refractivity contribution in [3.8, 4) is 0 Å². The Morgan fingerprint density at radius 1 is 1.11 bits per heavy atom. The molecule has 0 amide bonds. The van der Waals surface area contributed by atoms with Gasteiger partial charge >= 0.3 is 0 Å². The predicted molar refractivity (Wildman–Crippen MR) is 79.5 cm³/mol. The molecule has 2 bridgehead atoms. The van der Waals surface area contributed by atoms with E-state index < -0.39 is 0 Å². The number of para-hydroxylation sites is 1. The van der Waals surface area contributed by atoms with Crippen LogP contribution < -0.4 is 0 Å². The second-order valence-corrected chi connectivity index (χ2v) is 6.73. The fourth-order valence-electron chi connectivity index (χ4n) is 3.33. The molecular formula is C15H19N3S. The molecule has 0 atom stereocenters. The van der Waals surface area contributed by atoms with Crippen molar-refractivity contribution < 1.29 is 0 Å². The van der Waals surface area contributed by atoms with Crippen LogP contribution in [0.3, 0.4) is 0 Å². The van der Waals surface area contributed by atoms with E-state index in [1.807, 2.05) is 11.3 Å². The molecule has 3 aliphatic heterocycles. The highest BCUT2D eigenvalue weighted by Gasteiger charge is 2.29. The zero-order chi connectivity index (χ0) is 12.7. The molecule has 3 fully saturated rings. The van der Waals surface area contributed by atoms with Crippen LogP contribution in [-0.4, -0.2) is 47.0 Å². The summed E-state index contributed by atoms with van der Waals surface area (Å²) < 4.78 is 1.32. The predicted octanol–water partition coefficient (Wildman–Crippen LogP) is 2.58. The third-order valence-electron chi connectivity index (χ3n) is 4.45. The van der Waals surface area contributed by atoms with Gasteiger partial charge in [-0.05, 0) is 38.1 Å². The van der Waals surface area contributed by atoms with E-state index in [2.05, 4.69) is 34.1 Å². The number of rotatable bonds is 2. The van der Waals surface area contributed by atoms with E-state index in [0.29, 0.717) is 0 Å². The van der Waals surface area contributed by atoms with Crippen LogP contribution in [0.4, 0.5) is 0 Å². The molecule has 5 rings (SSSR count).